The van der Waals surface area contributed by atoms with Gasteiger partial charge in [0.2, 0.25) is 27.5 Å². The lowest BCUT2D eigenvalue weighted by Crippen LogP contribution is -2.55. The second kappa shape index (κ2) is 9.49. The SMILES string of the molecule is CNC(=O)C1=C[N+]2(OC(=O)C(F)(F)F)C(c3cc(S(=O)(=O)NCC4CC(F)(F)C4)ccc3C)=CN=C2C(N)=N1. The number of halogens is 5. The first-order valence-electron chi connectivity index (χ1n) is 11.3. The van der Waals surface area contributed by atoms with Crippen molar-refractivity contribution in [3.05, 3.63) is 47.4 Å². The number of nitrogens with zero attached hydrogens (tertiary/aromatic N) is 3. The lowest BCUT2D eigenvalue weighted by atomic mass is 9.82. The second-order valence-corrected chi connectivity index (χ2v) is 10.8. The van der Waals surface area contributed by atoms with Crippen molar-refractivity contribution in [2.45, 2.75) is 36.8 Å². The molecule has 2 aliphatic heterocycles. The number of aryl methyl sites for hydroxylation is 1. The van der Waals surface area contributed by atoms with Crippen molar-refractivity contribution in [2.24, 2.45) is 21.6 Å². The van der Waals surface area contributed by atoms with Crippen LogP contribution in [0, 0.1) is 12.8 Å². The zero-order valence-corrected chi connectivity index (χ0v) is 21.2. The van der Waals surface area contributed by atoms with Crippen molar-refractivity contribution >= 4 is 39.3 Å². The van der Waals surface area contributed by atoms with Gasteiger partial charge >= 0.3 is 18.0 Å². The molecule has 1 fully saturated rings. The lowest BCUT2D eigenvalue weighted by molar-refractivity contribution is -0.912. The Bertz CT molecular complexity index is 1480. The number of nitrogens with one attached hydrogen (secondary N) is 2. The average Bonchev–Trinajstić information content (AvgIpc) is 3.19. The number of carbonyl (C=O) groups is 2. The predicted molar refractivity (Wildman–Crippen MR) is 126 cm³/mol. The number of quaternary nitrogens is 1. The molecule has 0 bridgehead atoms. The summed E-state index contributed by atoms with van der Waals surface area (Å²) in [7, 11) is -3.03. The van der Waals surface area contributed by atoms with Gasteiger partial charge in [0.05, 0.1) is 11.1 Å². The molecule has 1 aliphatic carbocycles. The molecule has 1 unspecified atom stereocenters. The maximum atomic E-state index is 13.3. The third kappa shape index (κ3) is 5.28. The van der Waals surface area contributed by atoms with E-state index in [1.54, 1.807) is 0 Å². The zero-order chi connectivity index (χ0) is 29.0. The van der Waals surface area contributed by atoms with Gasteiger partial charge < -0.3 is 11.1 Å². The standard InChI is InChI=1S/C22H21F5N6O5S/c1-11-3-4-13(39(36,37)31-8-12-6-21(23,24)7-12)5-14(11)16-9-30-18-17(28)32-15(19(34)29-2)10-33(16,18)38-20(35)22(25,26)27/h3-5,9-10,12,31H,6-8H2,1-2H3,(H2-,28,29,32,34)/p+1. The highest BCUT2D eigenvalue weighted by molar-refractivity contribution is 7.89. The maximum absolute atomic E-state index is 13.3. The number of aliphatic imine (C=N–C) groups is 2. The number of amidine groups is 2. The molecule has 210 valence electrons. The maximum Gasteiger partial charge on any atom is 0.497 e. The molecule has 0 radical (unpaired) electrons. The van der Waals surface area contributed by atoms with Crippen LogP contribution in [0.4, 0.5) is 22.0 Å². The normalized spacial score (nSPS) is 22.5. The van der Waals surface area contributed by atoms with Crippen molar-refractivity contribution in [1.29, 1.82) is 0 Å². The molecular formula is C22H22F5N6O5S+. The van der Waals surface area contributed by atoms with E-state index >= 15 is 0 Å². The lowest BCUT2D eigenvalue weighted by Gasteiger charge is -2.34. The van der Waals surface area contributed by atoms with Crippen molar-refractivity contribution in [3.8, 4) is 0 Å². The Morgan fingerprint density at radius 1 is 1.26 bits per heavy atom. The number of fused-ring (bicyclic) bond motifs is 1. The minimum atomic E-state index is -5.46. The predicted octanol–water partition coefficient (Wildman–Crippen LogP) is 1.82. The summed E-state index contributed by atoms with van der Waals surface area (Å²) in [5, 5.41) is 2.23. The second-order valence-electron chi connectivity index (χ2n) is 9.05. The Morgan fingerprint density at radius 3 is 2.51 bits per heavy atom. The summed E-state index contributed by atoms with van der Waals surface area (Å²) in [6, 6.07) is 3.64. The molecule has 0 spiro atoms. The van der Waals surface area contributed by atoms with Gasteiger partial charge in [-0.25, -0.2) is 36.5 Å². The summed E-state index contributed by atoms with van der Waals surface area (Å²) in [5.74, 6) is -7.93. The highest BCUT2D eigenvalue weighted by Gasteiger charge is 2.57. The number of rotatable bonds is 7. The fourth-order valence-electron chi connectivity index (χ4n) is 4.23. The molecular weight excluding hydrogens is 555 g/mol. The molecule has 39 heavy (non-hydrogen) atoms. The number of hydroxylamine groups is 3. The van der Waals surface area contributed by atoms with Crippen molar-refractivity contribution in [3.63, 3.8) is 0 Å². The van der Waals surface area contributed by atoms with Crippen molar-refractivity contribution in [1.82, 2.24) is 10.0 Å². The summed E-state index contributed by atoms with van der Waals surface area (Å²) in [6.07, 6.45) is -4.59. The Morgan fingerprint density at radius 2 is 1.92 bits per heavy atom. The molecule has 17 heteroatoms. The molecule has 1 amide bonds. The third-order valence-electron chi connectivity index (χ3n) is 6.21. The van der Waals surface area contributed by atoms with Crippen LogP contribution in [0.1, 0.15) is 24.0 Å². The molecule has 2 heterocycles. The smallest absolute Gasteiger partial charge is 0.377 e. The van der Waals surface area contributed by atoms with Crippen LogP contribution in [-0.2, 0) is 24.4 Å². The van der Waals surface area contributed by atoms with E-state index in [0.29, 0.717) is 5.56 Å². The molecule has 11 nitrogen and oxygen atoms in total. The Labute approximate surface area is 218 Å². The van der Waals surface area contributed by atoms with Gasteiger partial charge in [-0.1, -0.05) is 6.07 Å². The van der Waals surface area contributed by atoms with Crippen LogP contribution in [0.3, 0.4) is 0 Å². The van der Waals surface area contributed by atoms with E-state index in [-0.39, 0.29) is 22.7 Å². The molecule has 4 rings (SSSR count). The number of alkyl halides is 5. The van der Waals surface area contributed by atoms with E-state index in [0.717, 1.165) is 18.5 Å². The van der Waals surface area contributed by atoms with Crippen molar-refractivity contribution in [2.75, 3.05) is 13.6 Å². The minimum Gasteiger partial charge on any atom is -0.377 e. The van der Waals surface area contributed by atoms with E-state index in [4.69, 9.17) is 10.6 Å². The summed E-state index contributed by atoms with van der Waals surface area (Å²) >= 11 is 0. The van der Waals surface area contributed by atoms with Gasteiger partial charge in [-0.3, -0.25) is 4.79 Å². The average molecular weight is 578 g/mol. The van der Waals surface area contributed by atoms with Crippen LogP contribution in [0.25, 0.3) is 5.70 Å². The van der Waals surface area contributed by atoms with E-state index in [1.165, 1.54) is 26.1 Å². The quantitative estimate of drug-likeness (QED) is 0.332. The Kier molecular flexibility index (Phi) is 6.89. The molecule has 3 aliphatic rings. The molecule has 0 aromatic heterocycles. The first-order valence-corrected chi connectivity index (χ1v) is 12.7. The molecule has 4 N–H and O–H groups in total. The van der Waals surface area contributed by atoms with Gasteiger partial charge in [-0.15, -0.1) is 0 Å². The summed E-state index contributed by atoms with van der Waals surface area (Å²) < 4.78 is 92.7. The minimum absolute atomic E-state index is 0.0241. The third-order valence-corrected chi connectivity index (χ3v) is 7.63. The highest BCUT2D eigenvalue weighted by Crippen LogP contribution is 2.43. The number of carbonyl (C=O) groups excluding carboxylic acids is 2. The van der Waals surface area contributed by atoms with Gasteiger partial charge in [0, 0.05) is 32.0 Å². The van der Waals surface area contributed by atoms with E-state index < -0.39 is 74.8 Å². The summed E-state index contributed by atoms with van der Waals surface area (Å²) in [5.41, 5.74) is 5.39. The summed E-state index contributed by atoms with van der Waals surface area (Å²) in [4.78, 5) is 36.6. The molecule has 1 aromatic rings. The molecule has 1 aromatic carbocycles. The van der Waals surface area contributed by atoms with Crippen LogP contribution in [0.15, 0.2) is 51.2 Å². The van der Waals surface area contributed by atoms with Crippen LogP contribution < -0.4 is 15.8 Å². The molecule has 1 saturated carbocycles. The largest absolute Gasteiger partial charge is 0.497 e. The number of hydrogen-bond acceptors (Lipinski definition) is 8. The number of amides is 1. The van der Waals surface area contributed by atoms with Crippen LogP contribution >= 0.6 is 0 Å². The van der Waals surface area contributed by atoms with Gasteiger partial charge in [0.15, 0.2) is 11.9 Å². The summed E-state index contributed by atoms with van der Waals surface area (Å²) in [6.45, 7) is 1.26. The van der Waals surface area contributed by atoms with Crippen molar-refractivity contribution < 1.29 is 49.4 Å². The van der Waals surface area contributed by atoms with E-state index in [9.17, 15) is 40.0 Å². The number of sulfonamides is 1. The Hall–Kier alpha value is -3.70. The Balaban J connectivity index is 1.76. The number of nitrogens with two attached hydrogens (primary N) is 1. The first kappa shape index (κ1) is 28.3. The number of likely N-dealkylation sites (N-methyl/N-ethyl adjacent to an activating group) is 1. The molecule has 1 atom stereocenters. The van der Waals surface area contributed by atoms with E-state index in [2.05, 4.69) is 20.0 Å². The monoisotopic (exact) mass is 577 g/mol. The first-order chi connectivity index (χ1) is 18.0. The topological polar surface area (TPSA) is 152 Å². The fourth-order valence-corrected chi connectivity index (χ4v) is 5.37. The zero-order valence-electron chi connectivity index (χ0n) is 20.3. The molecule has 0 saturated heterocycles. The van der Waals surface area contributed by atoms with Crippen LogP contribution in [0.5, 0.6) is 0 Å². The van der Waals surface area contributed by atoms with Gasteiger partial charge in [0.25, 0.3) is 5.91 Å². The van der Waals surface area contributed by atoms with Crippen LogP contribution in [-0.4, -0.2) is 62.3 Å². The van der Waals surface area contributed by atoms with E-state index in [1.807, 2.05) is 0 Å². The van der Waals surface area contributed by atoms with Gasteiger partial charge in [-0.2, -0.15) is 18.2 Å². The van der Waals surface area contributed by atoms with Gasteiger partial charge in [-0.05, 0) is 35.2 Å². The fraction of sp³-hybridized carbons (Fsp3) is 0.364. The number of benzene rings is 1. The number of hydrogen-bond donors (Lipinski definition) is 3. The van der Waals surface area contributed by atoms with Crippen LogP contribution in [0.2, 0.25) is 0 Å². The highest BCUT2D eigenvalue weighted by atomic mass is 32.2. The van der Waals surface area contributed by atoms with Gasteiger partial charge in [0.1, 0.15) is 0 Å².